The van der Waals surface area contributed by atoms with Crippen molar-refractivity contribution in [1.29, 1.82) is 0 Å². The monoisotopic (exact) mass is 234 g/mol. The molecular weight excluding hydrogens is 208 g/mol. The minimum absolute atomic E-state index is 0.577. The quantitative estimate of drug-likeness (QED) is 0.749. The number of rotatable bonds is 1. The van der Waals surface area contributed by atoms with E-state index in [-0.39, 0.29) is 0 Å². The Bertz CT molecular complexity index is 295. The molecule has 2 bridgehead atoms. The molecule has 4 aliphatic rings. The van der Waals surface area contributed by atoms with Crippen molar-refractivity contribution >= 4 is 0 Å². The van der Waals surface area contributed by atoms with Crippen molar-refractivity contribution in [3.8, 4) is 0 Å². The summed E-state index contributed by atoms with van der Waals surface area (Å²) in [6, 6.07) is 0.967. The minimum atomic E-state index is 0.577. The van der Waals surface area contributed by atoms with E-state index in [4.69, 9.17) is 0 Å². The lowest BCUT2D eigenvalue weighted by Crippen LogP contribution is -2.63. The van der Waals surface area contributed by atoms with Crippen molar-refractivity contribution in [3.05, 3.63) is 0 Å². The summed E-state index contributed by atoms with van der Waals surface area (Å²) in [4.78, 5) is 2.99. The van der Waals surface area contributed by atoms with E-state index < -0.39 is 0 Å². The third-order valence-electron chi connectivity index (χ3n) is 6.23. The second-order valence-corrected chi connectivity index (χ2v) is 7.04. The molecule has 0 aromatic carbocycles. The van der Waals surface area contributed by atoms with E-state index in [2.05, 4.69) is 10.2 Å². The molecule has 0 radical (unpaired) electrons. The molecule has 1 aliphatic heterocycles. The zero-order chi connectivity index (χ0) is 11.3. The largest absolute Gasteiger partial charge is 0.314 e. The van der Waals surface area contributed by atoms with Crippen LogP contribution in [0.25, 0.3) is 0 Å². The zero-order valence-electron chi connectivity index (χ0n) is 11.0. The van der Waals surface area contributed by atoms with Gasteiger partial charge < -0.3 is 5.32 Å². The van der Waals surface area contributed by atoms with E-state index in [9.17, 15) is 0 Å². The highest BCUT2D eigenvalue weighted by molar-refractivity contribution is 5.06. The zero-order valence-corrected chi connectivity index (χ0v) is 11.0. The predicted molar refractivity (Wildman–Crippen MR) is 70.0 cm³/mol. The van der Waals surface area contributed by atoms with Gasteiger partial charge in [-0.2, -0.15) is 0 Å². The molecule has 4 fully saturated rings. The van der Waals surface area contributed by atoms with Crippen molar-refractivity contribution in [2.75, 3.05) is 19.6 Å². The second-order valence-electron chi connectivity index (χ2n) is 7.04. The van der Waals surface area contributed by atoms with Crippen molar-refractivity contribution in [3.63, 3.8) is 0 Å². The first-order chi connectivity index (χ1) is 8.37. The second kappa shape index (κ2) is 3.96. The summed E-state index contributed by atoms with van der Waals surface area (Å²) in [5.74, 6) is 2.16. The molecule has 1 heterocycles. The average molecular weight is 234 g/mol. The molecule has 4 rings (SSSR count). The Balaban J connectivity index is 1.58. The minimum Gasteiger partial charge on any atom is -0.314 e. The Labute approximate surface area is 105 Å². The molecule has 2 heteroatoms. The third kappa shape index (κ3) is 1.60. The van der Waals surface area contributed by atoms with E-state index in [0.717, 1.165) is 17.9 Å². The van der Waals surface area contributed by atoms with Crippen molar-refractivity contribution in [2.45, 2.75) is 62.9 Å². The number of hydrogen-bond acceptors (Lipinski definition) is 2. The summed E-state index contributed by atoms with van der Waals surface area (Å²) >= 11 is 0. The van der Waals surface area contributed by atoms with Crippen LogP contribution < -0.4 is 5.32 Å². The summed E-state index contributed by atoms with van der Waals surface area (Å²) in [6.07, 6.45) is 12.0. The molecule has 0 aromatic rings. The van der Waals surface area contributed by atoms with Gasteiger partial charge in [0.25, 0.3) is 0 Å². The van der Waals surface area contributed by atoms with Crippen LogP contribution in [-0.2, 0) is 0 Å². The van der Waals surface area contributed by atoms with Gasteiger partial charge >= 0.3 is 0 Å². The maximum absolute atomic E-state index is 3.67. The number of hydrogen-bond donors (Lipinski definition) is 1. The summed E-state index contributed by atoms with van der Waals surface area (Å²) in [5, 5.41) is 3.67. The molecule has 2 nitrogen and oxygen atoms in total. The van der Waals surface area contributed by atoms with Crippen LogP contribution in [0.4, 0.5) is 0 Å². The highest BCUT2D eigenvalue weighted by Crippen LogP contribution is 2.50. The number of fused-ring (bicyclic) bond motifs is 2. The average Bonchev–Trinajstić information content (AvgIpc) is 3.06. The van der Waals surface area contributed by atoms with Gasteiger partial charge in [-0.25, -0.2) is 0 Å². The molecule has 3 aliphatic carbocycles. The lowest BCUT2D eigenvalue weighted by Gasteiger charge is -2.50. The smallest absolute Gasteiger partial charge is 0.0337 e. The van der Waals surface area contributed by atoms with Crippen molar-refractivity contribution < 1.29 is 0 Å². The van der Waals surface area contributed by atoms with Gasteiger partial charge in [-0.3, -0.25) is 4.90 Å². The Morgan fingerprint density at radius 2 is 1.94 bits per heavy atom. The Morgan fingerprint density at radius 3 is 2.65 bits per heavy atom. The maximum Gasteiger partial charge on any atom is 0.0337 e. The fraction of sp³-hybridized carbons (Fsp3) is 1.00. The highest BCUT2D eigenvalue weighted by atomic mass is 15.3. The fourth-order valence-electron chi connectivity index (χ4n) is 5.47. The van der Waals surface area contributed by atoms with Crippen molar-refractivity contribution in [1.82, 2.24) is 10.2 Å². The number of nitrogens with one attached hydrogen (secondary N) is 1. The first-order valence-corrected chi connectivity index (χ1v) is 7.85. The first kappa shape index (κ1) is 10.8. The summed E-state index contributed by atoms with van der Waals surface area (Å²) < 4.78 is 0. The standard InChI is InChI=1S/C15H26N2/c1-2-6-15(5-1)11-16-7-8-17(15)14-10-12-3-4-13(14)9-12/h12-14,16H,1-11H2. The molecule has 96 valence electrons. The number of nitrogens with zero attached hydrogens (tertiary/aromatic N) is 1. The predicted octanol–water partition coefficient (Wildman–Crippen LogP) is 2.39. The maximum atomic E-state index is 3.67. The molecular formula is C15H26N2. The topological polar surface area (TPSA) is 15.3 Å². The van der Waals surface area contributed by atoms with Gasteiger partial charge in [-0.05, 0) is 43.9 Å². The van der Waals surface area contributed by atoms with Gasteiger partial charge in [0.05, 0.1) is 0 Å². The molecule has 3 atom stereocenters. The number of piperazine rings is 1. The molecule has 17 heavy (non-hydrogen) atoms. The molecule has 1 spiro atoms. The Morgan fingerprint density at radius 1 is 1.06 bits per heavy atom. The molecule has 3 saturated carbocycles. The third-order valence-corrected chi connectivity index (χ3v) is 6.23. The lowest BCUT2D eigenvalue weighted by atomic mass is 9.85. The molecule has 0 aromatic heterocycles. The normalized spacial score (nSPS) is 44.8. The van der Waals surface area contributed by atoms with Crippen LogP contribution in [-0.4, -0.2) is 36.1 Å². The van der Waals surface area contributed by atoms with Gasteiger partial charge in [0.2, 0.25) is 0 Å². The van der Waals surface area contributed by atoms with E-state index in [1.54, 1.807) is 12.8 Å². The summed E-state index contributed by atoms with van der Waals surface area (Å²) in [6.45, 7) is 3.84. The van der Waals surface area contributed by atoms with Crippen LogP contribution in [0, 0.1) is 11.8 Å². The van der Waals surface area contributed by atoms with Crippen LogP contribution in [0.1, 0.15) is 51.4 Å². The highest BCUT2D eigenvalue weighted by Gasteiger charge is 2.50. The van der Waals surface area contributed by atoms with E-state index in [1.165, 1.54) is 58.2 Å². The first-order valence-electron chi connectivity index (χ1n) is 7.85. The van der Waals surface area contributed by atoms with E-state index >= 15 is 0 Å². The van der Waals surface area contributed by atoms with Gasteiger partial charge in [-0.1, -0.05) is 19.3 Å². The van der Waals surface area contributed by atoms with Gasteiger partial charge in [0, 0.05) is 31.2 Å². The van der Waals surface area contributed by atoms with Crippen molar-refractivity contribution in [2.24, 2.45) is 11.8 Å². The van der Waals surface area contributed by atoms with Gasteiger partial charge in [0.15, 0.2) is 0 Å². The van der Waals surface area contributed by atoms with Crippen LogP contribution >= 0.6 is 0 Å². The Hall–Kier alpha value is -0.0800. The van der Waals surface area contributed by atoms with Crippen LogP contribution in [0.3, 0.4) is 0 Å². The van der Waals surface area contributed by atoms with Gasteiger partial charge in [-0.15, -0.1) is 0 Å². The lowest BCUT2D eigenvalue weighted by molar-refractivity contribution is 0.00179. The van der Waals surface area contributed by atoms with Gasteiger partial charge in [0.1, 0.15) is 0 Å². The molecule has 3 unspecified atom stereocenters. The molecule has 1 N–H and O–H groups in total. The fourth-order valence-corrected chi connectivity index (χ4v) is 5.47. The summed E-state index contributed by atoms with van der Waals surface area (Å²) in [5.41, 5.74) is 0.577. The SMILES string of the molecule is C1CCC2(C1)CNCCN2C1CC2CCC1C2. The van der Waals surface area contributed by atoms with Crippen LogP contribution in [0.5, 0.6) is 0 Å². The Kier molecular flexibility index (Phi) is 2.52. The molecule has 0 amide bonds. The van der Waals surface area contributed by atoms with E-state index in [1.807, 2.05) is 0 Å². The molecule has 1 saturated heterocycles. The summed E-state index contributed by atoms with van der Waals surface area (Å²) in [7, 11) is 0. The van der Waals surface area contributed by atoms with Crippen LogP contribution in [0.2, 0.25) is 0 Å². The van der Waals surface area contributed by atoms with Crippen LogP contribution in [0.15, 0.2) is 0 Å². The van der Waals surface area contributed by atoms with E-state index in [0.29, 0.717) is 5.54 Å².